The van der Waals surface area contributed by atoms with E-state index in [9.17, 15) is 9.59 Å². The van der Waals surface area contributed by atoms with Gasteiger partial charge in [0.1, 0.15) is 0 Å². The average Bonchev–Trinajstić information content (AvgIpc) is 2.31. The van der Waals surface area contributed by atoms with E-state index in [0.29, 0.717) is 18.9 Å². The van der Waals surface area contributed by atoms with Gasteiger partial charge in [-0.3, -0.25) is 9.59 Å². The van der Waals surface area contributed by atoms with Crippen molar-refractivity contribution in [1.82, 2.24) is 5.32 Å². The number of carbonyl (C=O) groups is 2. The van der Waals surface area contributed by atoms with Crippen LogP contribution >= 0.6 is 0 Å². The van der Waals surface area contributed by atoms with Crippen molar-refractivity contribution in [1.29, 1.82) is 0 Å². The fourth-order valence-corrected chi connectivity index (χ4v) is 2.38. The number of amides is 2. The second-order valence-corrected chi connectivity index (χ2v) is 5.37. The summed E-state index contributed by atoms with van der Waals surface area (Å²) in [4.78, 5) is 22.4. The summed E-state index contributed by atoms with van der Waals surface area (Å²) in [5, 5.41) is 2.91. The van der Waals surface area contributed by atoms with Gasteiger partial charge in [-0.2, -0.15) is 0 Å². The van der Waals surface area contributed by atoms with Crippen LogP contribution in [0.4, 0.5) is 0 Å². The zero-order valence-corrected chi connectivity index (χ0v) is 11.2. The van der Waals surface area contributed by atoms with Gasteiger partial charge in [-0.15, -0.1) is 0 Å². The molecule has 1 aliphatic rings. The maximum Gasteiger partial charge on any atom is 0.223 e. The molecular formula is C13H25N3O2. The molecule has 3 unspecified atom stereocenters. The van der Waals surface area contributed by atoms with Crippen LogP contribution in [0.2, 0.25) is 0 Å². The van der Waals surface area contributed by atoms with Crippen molar-refractivity contribution in [3.8, 4) is 0 Å². The molecule has 2 amide bonds. The van der Waals surface area contributed by atoms with E-state index in [4.69, 9.17) is 11.5 Å². The van der Waals surface area contributed by atoms with Crippen molar-refractivity contribution in [3.05, 3.63) is 0 Å². The summed E-state index contributed by atoms with van der Waals surface area (Å²) >= 11 is 0. The highest BCUT2D eigenvalue weighted by atomic mass is 16.2. The maximum atomic E-state index is 11.9. The highest BCUT2D eigenvalue weighted by Crippen LogP contribution is 2.27. The van der Waals surface area contributed by atoms with Gasteiger partial charge in [0, 0.05) is 24.9 Å². The van der Waals surface area contributed by atoms with Crippen molar-refractivity contribution >= 4 is 11.8 Å². The molecule has 0 radical (unpaired) electrons. The normalized spacial score (nSPS) is 27.8. The molecule has 0 bridgehead atoms. The molecule has 5 N–H and O–H groups in total. The zero-order chi connectivity index (χ0) is 13.5. The van der Waals surface area contributed by atoms with Gasteiger partial charge in [0.05, 0.1) is 0 Å². The lowest BCUT2D eigenvalue weighted by atomic mass is 9.79. The SMILES string of the molecule is CC1CCC(C(=O)NCCCCC(N)=O)CC1N. The van der Waals surface area contributed by atoms with E-state index in [0.717, 1.165) is 32.1 Å². The summed E-state index contributed by atoms with van der Waals surface area (Å²) in [6.07, 6.45) is 4.67. The van der Waals surface area contributed by atoms with E-state index < -0.39 is 0 Å². The Balaban J connectivity index is 2.15. The molecule has 0 aromatic heterocycles. The van der Waals surface area contributed by atoms with Crippen molar-refractivity contribution in [2.45, 2.75) is 51.5 Å². The van der Waals surface area contributed by atoms with Crippen LogP contribution in [-0.2, 0) is 9.59 Å². The van der Waals surface area contributed by atoms with Crippen LogP contribution in [-0.4, -0.2) is 24.4 Å². The lowest BCUT2D eigenvalue weighted by molar-refractivity contribution is -0.126. The summed E-state index contributed by atoms with van der Waals surface area (Å²) in [7, 11) is 0. The first-order valence-electron chi connectivity index (χ1n) is 6.82. The first-order valence-corrected chi connectivity index (χ1v) is 6.82. The minimum Gasteiger partial charge on any atom is -0.370 e. The number of rotatable bonds is 6. The van der Waals surface area contributed by atoms with Gasteiger partial charge in [-0.25, -0.2) is 0 Å². The van der Waals surface area contributed by atoms with E-state index in [-0.39, 0.29) is 23.8 Å². The number of nitrogens with two attached hydrogens (primary N) is 2. The summed E-state index contributed by atoms with van der Waals surface area (Å²) in [5.41, 5.74) is 11.0. The molecule has 1 aliphatic carbocycles. The van der Waals surface area contributed by atoms with Crippen LogP contribution < -0.4 is 16.8 Å². The van der Waals surface area contributed by atoms with Crippen LogP contribution in [0.1, 0.15) is 45.4 Å². The lowest BCUT2D eigenvalue weighted by Crippen LogP contribution is -2.41. The van der Waals surface area contributed by atoms with Gasteiger partial charge in [-0.1, -0.05) is 6.92 Å². The van der Waals surface area contributed by atoms with Gasteiger partial charge < -0.3 is 16.8 Å². The molecule has 104 valence electrons. The van der Waals surface area contributed by atoms with Gasteiger partial charge in [0.2, 0.25) is 11.8 Å². The van der Waals surface area contributed by atoms with Crippen molar-refractivity contribution in [2.75, 3.05) is 6.54 Å². The molecule has 1 saturated carbocycles. The van der Waals surface area contributed by atoms with Crippen LogP contribution in [0.5, 0.6) is 0 Å². The quantitative estimate of drug-likeness (QED) is 0.603. The minimum absolute atomic E-state index is 0.0624. The number of nitrogens with one attached hydrogen (secondary N) is 1. The zero-order valence-electron chi connectivity index (χ0n) is 11.2. The molecule has 1 fully saturated rings. The monoisotopic (exact) mass is 255 g/mol. The molecule has 0 aliphatic heterocycles. The standard InChI is InChI=1S/C13H25N3O2/c1-9-5-6-10(8-11(9)14)13(18)16-7-3-2-4-12(15)17/h9-11H,2-8,14H2,1H3,(H2,15,17)(H,16,18). The van der Waals surface area contributed by atoms with Crippen LogP contribution in [0.25, 0.3) is 0 Å². The number of carbonyl (C=O) groups excluding carboxylic acids is 2. The average molecular weight is 255 g/mol. The first-order chi connectivity index (χ1) is 8.50. The van der Waals surface area contributed by atoms with Crippen molar-refractivity contribution in [2.24, 2.45) is 23.3 Å². The molecule has 3 atom stereocenters. The second-order valence-electron chi connectivity index (χ2n) is 5.37. The fourth-order valence-electron chi connectivity index (χ4n) is 2.38. The van der Waals surface area contributed by atoms with Crippen LogP contribution in [0.15, 0.2) is 0 Å². The van der Waals surface area contributed by atoms with Gasteiger partial charge in [0.15, 0.2) is 0 Å². The minimum atomic E-state index is -0.284. The van der Waals surface area contributed by atoms with E-state index >= 15 is 0 Å². The molecular weight excluding hydrogens is 230 g/mol. The Bertz CT molecular complexity index is 294. The molecule has 5 nitrogen and oxygen atoms in total. The first kappa shape index (κ1) is 15.0. The third-order valence-electron chi connectivity index (χ3n) is 3.78. The molecule has 5 heteroatoms. The van der Waals surface area contributed by atoms with E-state index in [2.05, 4.69) is 12.2 Å². The molecule has 0 saturated heterocycles. The number of hydrogen-bond donors (Lipinski definition) is 3. The summed E-state index contributed by atoms with van der Waals surface area (Å²) in [5.74, 6) is 0.405. The van der Waals surface area contributed by atoms with Gasteiger partial charge >= 0.3 is 0 Å². The lowest BCUT2D eigenvalue weighted by Gasteiger charge is -2.31. The predicted molar refractivity (Wildman–Crippen MR) is 70.5 cm³/mol. The largest absolute Gasteiger partial charge is 0.370 e. The predicted octanol–water partition coefficient (Wildman–Crippen LogP) is 0.522. The summed E-state index contributed by atoms with van der Waals surface area (Å²) in [6.45, 7) is 2.76. The molecule has 0 aromatic rings. The summed E-state index contributed by atoms with van der Waals surface area (Å²) in [6, 6.07) is 0.143. The molecule has 1 rings (SSSR count). The highest BCUT2D eigenvalue weighted by molar-refractivity contribution is 5.78. The number of hydrogen-bond acceptors (Lipinski definition) is 3. The smallest absolute Gasteiger partial charge is 0.223 e. The third-order valence-corrected chi connectivity index (χ3v) is 3.78. The Morgan fingerprint density at radius 1 is 1.28 bits per heavy atom. The second kappa shape index (κ2) is 7.36. The maximum absolute atomic E-state index is 11.9. The van der Waals surface area contributed by atoms with E-state index in [1.165, 1.54) is 0 Å². The van der Waals surface area contributed by atoms with Gasteiger partial charge in [0.25, 0.3) is 0 Å². The Labute approximate surface area is 109 Å². The van der Waals surface area contributed by atoms with Crippen LogP contribution in [0, 0.1) is 11.8 Å². The van der Waals surface area contributed by atoms with Crippen LogP contribution in [0.3, 0.4) is 0 Å². The Hall–Kier alpha value is -1.10. The molecule has 0 aromatic carbocycles. The van der Waals surface area contributed by atoms with E-state index in [1.807, 2.05) is 0 Å². The Morgan fingerprint density at radius 3 is 2.61 bits per heavy atom. The van der Waals surface area contributed by atoms with Gasteiger partial charge in [-0.05, 0) is 38.0 Å². The third kappa shape index (κ3) is 5.04. The van der Waals surface area contributed by atoms with Crippen molar-refractivity contribution in [3.63, 3.8) is 0 Å². The molecule has 18 heavy (non-hydrogen) atoms. The van der Waals surface area contributed by atoms with Crippen molar-refractivity contribution < 1.29 is 9.59 Å². The Morgan fingerprint density at radius 2 is 2.00 bits per heavy atom. The highest BCUT2D eigenvalue weighted by Gasteiger charge is 2.29. The topological polar surface area (TPSA) is 98.2 Å². The number of primary amides is 1. The molecule has 0 heterocycles. The Kier molecular flexibility index (Phi) is 6.12. The summed E-state index contributed by atoms with van der Waals surface area (Å²) < 4.78 is 0. The number of unbranched alkanes of at least 4 members (excludes halogenated alkanes) is 1. The fraction of sp³-hybridized carbons (Fsp3) is 0.846. The molecule has 0 spiro atoms. The van der Waals surface area contributed by atoms with E-state index in [1.54, 1.807) is 0 Å².